The molecular weight excluding hydrogens is 450 g/mol. The summed E-state index contributed by atoms with van der Waals surface area (Å²) in [6.45, 7) is 13.5. The molecule has 1 aromatic rings. The van der Waals surface area contributed by atoms with Crippen molar-refractivity contribution in [1.29, 1.82) is 0 Å². The van der Waals surface area contributed by atoms with E-state index in [0.29, 0.717) is 12.1 Å². The highest BCUT2D eigenvalue weighted by Crippen LogP contribution is 2.24. The molecule has 0 saturated heterocycles. The van der Waals surface area contributed by atoms with Crippen molar-refractivity contribution < 1.29 is 19.1 Å². The third kappa shape index (κ3) is 10.8. The van der Waals surface area contributed by atoms with Crippen molar-refractivity contribution in [2.75, 3.05) is 12.3 Å². The van der Waals surface area contributed by atoms with E-state index in [1.807, 2.05) is 51.1 Å². The molecule has 0 saturated carbocycles. The molecule has 0 heterocycles. The van der Waals surface area contributed by atoms with Gasteiger partial charge in [0.05, 0.1) is 0 Å². The van der Waals surface area contributed by atoms with Crippen molar-refractivity contribution >= 4 is 30.5 Å². The first-order chi connectivity index (χ1) is 15.8. The standard InChI is InChI=1S/C26H43N3O4S/c1-8-9-10-14-17-29(23(31)20(18-34)27-24(32)33-26(5,6)7)21(19-15-12-11-13-16-19)22(30)28-25(2,3)4/h11-13,15-16,20-21,34H,8-10,14,17-18H2,1-7H3,(H,27,32)(H,28,30). The van der Waals surface area contributed by atoms with Crippen LogP contribution in [-0.4, -0.2) is 52.3 Å². The van der Waals surface area contributed by atoms with Crippen LogP contribution < -0.4 is 10.6 Å². The van der Waals surface area contributed by atoms with E-state index in [1.54, 1.807) is 25.7 Å². The number of carbonyl (C=O) groups is 3. The maximum atomic E-state index is 13.8. The summed E-state index contributed by atoms with van der Waals surface area (Å²) < 4.78 is 5.34. The number of rotatable bonds is 11. The number of ether oxygens (including phenoxy) is 1. The zero-order valence-corrected chi connectivity index (χ0v) is 22.7. The number of nitrogens with zero attached hydrogens (tertiary/aromatic N) is 1. The highest BCUT2D eigenvalue weighted by molar-refractivity contribution is 7.80. The predicted octanol–water partition coefficient (Wildman–Crippen LogP) is 4.87. The molecule has 1 aromatic carbocycles. The second kappa shape index (κ2) is 13.6. The second-order valence-corrected chi connectivity index (χ2v) is 10.9. The quantitative estimate of drug-likeness (QED) is 0.303. The highest BCUT2D eigenvalue weighted by atomic mass is 32.1. The van der Waals surface area contributed by atoms with Gasteiger partial charge in [-0.25, -0.2) is 4.79 Å². The molecule has 0 aromatic heterocycles. The van der Waals surface area contributed by atoms with Gasteiger partial charge in [-0.15, -0.1) is 0 Å². The smallest absolute Gasteiger partial charge is 0.408 e. The summed E-state index contributed by atoms with van der Waals surface area (Å²) in [5.41, 5.74) is -0.463. The number of benzene rings is 1. The first kappa shape index (κ1) is 29.8. The van der Waals surface area contributed by atoms with Gasteiger partial charge in [0.2, 0.25) is 11.8 Å². The van der Waals surface area contributed by atoms with Crippen LogP contribution in [0.25, 0.3) is 0 Å². The van der Waals surface area contributed by atoms with Gasteiger partial charge >= 0.3 is 6.09 Å². The van der Waals surface area contributed by atoms with Crippen LogP contribution in [0.3, 0.4) is 0 Å². The summed E-state index contributed by atoms with van der Waals surface area (Å²) in [4.78, 5) is 41.2. The Balaban J connectivity index is 3.33. The van der Waals surface area contributed by atoms with Crippen molar-refractivity contribution in [2.24, 2.45) is 0 Å². The van der Waals surface area contributed by atoms with Crippen LogP contribution in [0.1, 0.15) is 85.8 Å². The lowest BCUT2D eigenvalue weighted by molar-refractivity contribution is -0.142. The van der Waals surface area contributed by atoms with E-state index in [4.69, 9.17) is 4.74 Å². The van der Waals surface area contributed by atoms with Gasteiger partial charge in [-0.3, -0.25) is 9.59 Å². The minimum atomic E-state index is -0.932. The van der Waals surface area contributed by atoms with E-state index >= 15 is 0 Å². The lowest BCUT2D eigenvalue weighted by Gasteiger charge is -2.36. The molecule has 0 radical (unpaired) electrons. The Morgan fingerprint density at radius 1 is 1.00 bits per heavy atom. The number of alkyl carbamates (subject to hydrolysis) is 1. The van der Waals surface area contributed by atoms with E-state index in [1.165, 1.54) is 0 Å². The van der Waals surface area contributed by atoms with Crippen LogP contribution in [0.5, 0.6) is 0 Å². The van der Waals surface area contributed by atoms with Crippen LogP contribution in [-0.2, 0) is 14.3 Å². The van der Waals surface area contributed by atoms with E-state index in [2.05, 4.69) is 30.2 Å². The fourth-order valence-corrected chi connectivity index (χ4v) is 3.70. The Morgan fingerprint density at radius 2 is 1.62 bits per heavy atom. The number of unbranched alkanes of at least 4 members (excludes halogenated alkanes) is 3. The van der Waals surface area contributed by atoms with E-state index in [9.17, 15) is 14.4 Å². The van der Waals surface area contributed by atoms with Gasteiger partial charge in [0.15, 0.2) is 0 Å². The zero-order valence-electron chi connectivity index (χ0n) is 21.8. The molecule has 2 N–H and O–H groups in total. The molecule has 192 valence electrons. The summed E-state index contributed by atoms with van der Waals surface area (Å²) >= 11 is 4.32. The van der Waals surface area contributed by atoms with Gasteiger partial charge in [0.1, 0.15) is 17.7 Å². The van der Waals surface area contributed by atoms with E-state index in [0.717, 1.165) is 25.7 Å². The monoisotopic (exact) mass is 493 g/mol. The third-order valence-electron chi connectivity index (χ3n) is 4.88. The molecule has 0 spiro atoms. The Morgan fingerprint density at radius 3 is 2.12 bits per heavy atom. The fourth-order valence-electron chi connectivity index (χ4n) is 3.46. The first-order valence-electron chi connectivity index (χ1n) is 12.1. The predicted molar refractivity (Wildman–Crippen MR) is 140 cm³/mol. The SMILES string of the molecule is CCCCCCN(C(=O)C(CS)NC(=O)OC(C)(C)C)C(C(=O)NC(C)(C)C)c1ccccc1. The molecule has 7 nitrogen and oxygen atoms in total. The van der Waals surface area contributed by atoms with Crippen molar-refractivity contribution in [3.8, 4) is 0 Å². The third-order valence-corrected chi connectivity index (χ3v) is 5.25. The summed E-state index contributed by atoms with van der Waals surface area (Å²) in [5, 5.41) is 5.66. The van der Waals surface area contributed by atoms with Crippen LogP contribution >= 0.6 is 12.6 Å². The van der Waals surface area contributed by atoms with Gasteiger partial charge in [-0.05, 0) is 53.5 Å². The molecule has 1 rings (SSSR count). The number of hydrogen-bond acceptors (Lipinski definition) is 5. The first-order valence-corrected chi connectivity index (χ1v) is 12.7. The minimum absolute atomic E-state index is 0.0753. The van der Waals surface area contributed by atoms with Crippen molar-refractivity contribution in [3.05, 3.63) is 35.9 Å². The van der Waals surface area contributed by atoms with E-state index in [-0.39, 0.29) is 17.6 Å². The summed E-state index contributed by atoms with van der Waals surface area (Å²) in [7, 11) is 0. The molecule has 0 bridgehead atoms. The Hall–Kier alpha value is -2.22. The van der Waals surface area contributed by atoms with Crippen LogP contribution in [0.2, 0.25) is 0 Å². The van der Waals surface area contributed by atoms with Crippen molar-refractivity contribution in [3.63, 3.8) is 0 Å². The average molecular weight is 494 g/mol. The Kier molecular flexibility index (Phi) is 11.9. The van der Waals surface area contributed by atoms with E-state index < -0.39 is 29.3 Å². The van der Waals surface area contributed by atoms with Crippen LogP contribution in [0.15, 0.2) is 30.3 Å². The molecule has 2 atom stereocenters. The zero-order chi connectivity index (χ0) is 25.9. The minimum Gasteiger partial charge on any atom is -0.444 e. The summed E-state index contributed by atoms with van der Waals surface area (Å²) in [6.07, 6.45) is 3.09. The molecule has 0 aliphatic rings. The van der Waals surface area contributed by atoms with Crippen molar-refractivity contribution in [1.82, 2.24) is 15.5 Å². The molecule has 34 heavy (non-hydrogen) atoms. The number of thiol groups is 1. The molecule has 0 aliphatic carbocycles. The normalized spacial score (nSPS) is 13.5. The number of nitrogens with one attached hydrogen (secondary N) is 2. The van der Waals surface area contributed by atoms with Crippen molar-refractivity contribution in [2.45, 2.75) is 97.4 Å². The summed E-state index contributed by atoms with van der Waals surface area (Å²) in [5.74, 6) is -0.556. The molecule has 0 fully saturated rings. The lowest BCUT2D eigenvalue weighted by Crippen LogP contribution is -2.55. The molecule has 3 amide bonds. The van der Waals surface area contributed by atoms with Gasteiger partial charge in [-0.1, -0.05) is 56.5 Å². The molecular formula is C26H43N3O4S. The summed E-state index contributed by atoms with van der Waals surface area (Å²) in [6, 6.07) is 7.49. The average Bonchev–Trinajstić information content (AvgIpc) is 2.71. The van der Waals surface area contributed by atoms with Crippen LogP contribution in [0.4, 0.5) is 4.79 Å². The highest BCUT2D eigenvalue weighted by Gasteiger charge is 2.36. The molecule has 2 unspecified atom stereocenters. The largest absolute Gasteiger partial charge is 0.444 e. The topological polar surface area (TPSA) is 87.7 Å². The van der Waals surface area contributed by atoms with Crippen LogP contribution in [0, 0.1) is 0 Å². The Bertz CT molecular complexity index is 787. The fraction of sp³-hybridized carbons (Fsp3) is 0.654. The second-order valence-electron chi connectivity index (χ2n) is 10.5. The Labute approximate surface area is 210 Å². The number of carbonyl (C=O) groups excluding carboxylic acids is 3. The maximum Gasteiger partial charge on any atom is 0.408 e. The number of amides is 3. The molecule has 8 heteroatoms. The lowest BCUT2D eigenvalue weighted by atomic mass is 10.0. The van der Waals surface area contributed by atoms with Gasteiger partial charge in [-0.2, -0.15) is 12.6 Å². The maximum absolute atomic E-state index is 13.8. The number of hydrogen-bond donors (Lipinski definition) is 3. The van der Waals surface area contributed by atoms with Gasteiger partial charge in [0.25, 0.3) is 0 Å². The molecule has 0 aliphatic heterocycles. The van der Waals surface area contributed by atoms with Gasteiger partial charge < -0.3 is 20.3 Å². The van der Waals surface area contributed by atoms with Gasteiger partial charge in [0, 0.05) is 17.8 Å².